The summed E-state index contributed by atoms with van der Waals surface area (Å²) in [6.45, 7) is 0. The Kier molecular flexibility index (Phi) is 5.34. The first-order valence-electron chi connectivity index (χ1n) is 6.25. The molecule has 0 bridgehead atoms. The summed E-state index contributed by atoms with van der Waals surface area (Å²) in [5.74, 6) is -0.203. The van der Waals surface area contributed by atoms with E-state index in [2.05, 4.69) is 10.3 Å². The van der Waals surface area contributed by atoms with Crippen molar-refractivity contribution < 1.29 is 14.7 Å². The molecule has 0 aliphatic carbocycles. The van der Waals surface area contributed by atoms with Crippen LogP contribution in [0.5, 0.6) is 0 Å². The zero-order valence-corrected chi connectivity index (χ0v) is 12.0. The van der Waals surface area contributed by atoms with Gasteiger partial charge in [0.25, 0.3) is 0 Å². The highest BCUT2D eigenvalue weighted by Crippen LogP contribution is 2.13. The van der Waals surface area contributed by atoms with Gasteiger partial charge in [-0.2, -0.15) is 0 Å². The SMILES string of the molecule is O=C(CSCc1ccccc1)Nc1cncc(C(=O)O)c1. The van der Waals surface area contributed by atoms with Crippen LogP contribution in [0.3, 0.4) is 0 Å². The summed E-state index contributed by atoms with van der Waals surface area (Å²) < 4.78 is 0. The Morgan fingerprint density at radius 1 is 1.19 bits per heavy atom. The molecule has 2 rings (SSSR count). The van der Waals surface area contributed by atoms with Crippen LogP contribution in [0.25, 0.3) is 0 Å². The lowest BCUT2D eigenvalue weighted by Gasteiger charge is -2.05. The van der Waals surface area contributed by atoms with E-state index in [1.807, 2.05) is 30.3 Å². The number of amides is 1. The van der Waals surface area contributed by atoms with Crippen molar-refractivity contribution >= 4 is 29.3 Å². The number of pyridine rings is 1. The molecule has 0 fully saturated rings. The minimum Gasteiger partial charge on any atom is -0.478 e. The number of hydrogen-bond donors (Lipinski definition) is 2. The monoisotopic (exact) mass is 302 g/mol. The molecule has 0 atom stereocenters. The van der Waals surface area contributed by atoms with Gasteiger partial charge in [0.05, 0.1) is 23.2 Å². The van der Waals surface area contributed by atoms with Gasteiger partial charge >= 0.3 is 5.97 Å². The number of carbonyl (C=O) groups excluding carboxylic acids is 1. The van der Waals surface area contributed by atoms with Gasteiger partial charge in [-0.3, -0.25) is 9.78 Å². The number of nitrogens with one attached hydrogen (secondary N) is 1. The second-order valence-electron chi connectivity index (χ2n) is 4.29. The maximum atomic E-state index is 11.8. The van der Waals surface area contributed by atoms with E-state index in [0.29, 0.717) is 11.4 Å². The molecule has 0 radical (unpaired) electrons. The quantitative estimate of drug-likeness (QED) is 0.857. The normalized spacial score (nSPS) is 10.1. The third-order valence-electron chi connectivity index (χ3n) is 2.61. The van der Waals surface area contributed by atoms with Crippen molar-refractivity contribution in [2.75, 3.05) is 11.1 Å². The van der Waals surface area contributed by atoms with Gasteiger partial charge in [-0.25, -0.2) is 4.79 Å². The Labute approximate surface area is 126 Å². The maximum absolute atomic E-state index is 11.8. The highest BCUT2D eigenvalue weighted by Gasteiger charge is 2.07. The van der Waals surface area contributed by atoms with Gasteiger partial charge in [-0.05, 0) is 11.6 Å². The molecule has 6 heteroatoms. The van der Waals surface area contributed by atoms with E-state index in [0.717, 1.165) is 11.3 Å². The Balaban J connectivity index is 1.82. The first-order chi connectivity index (χ1) is 10.1. The summed E-state index contributed by atoms with van der Waals surface area (Å²) in [5.41, 5.74) is 1.59. The molecule has 1 heterocycles. The van der Waals surface area contributed by atoms with Gasteiger partial charge < -0.3 is 10.4 Å². The van der Waals surface area contributed by atoms with Gasteiger partial charge in [0.15, 0.2) is 0 Å². The zero-order valence-electron chi connectivity index (χ0n) is 11.2. The summed E-state index contributed by atoms with van der Waals surface area (Å²) in [5, 5.41) is 11.5. The first-order valence-corrected chi connectivity index (χ1v) is 7.40. The third kappa shape index (κ3) is 4.92. The minimum atomic E-state index is -1.07. The van der Waals surface area contributed by atoms with Crippen LogP contribution in [0.2, 0.25) is 0 Å². The molecule has 1 aromatic carbocycles. The van der Waals surface area contributed by atoms with E-state index in [1.165, 1.54) is 30.2 Å². The highest BCUT2D eigenvalue weighted by molar-refractivity contribution is 7.99. The van der Waals surface area contributed by atoms with Gasteiger partial charge in [-0.1, -0.05) is 30.3 Å². The minimum absolute atomic E-state index is 0.0461. The van der Waals surface area contributed by atoms with Crippen molar-refractivity contribution in [2.24, 2.45) is 0 Å². The lowest BCUT2D eigenvalue weighted by atomic mass is 10.2. The van der Waals surface area contributed by atoms with Gasteiger partial charge in [0, 0.05) is 11.9 Å². The smallest absolute Gasteiger partial charge is 0.337 e. The van der Waals surface area contributed by atoms with Crippen molar-refractivity contribution in [1.82, 2.24) is 4.98 Å². The molecule has 0 spiro atoms. The van der Waals surface area contributed by atoms with Gasteiger partial charge in [0.1, 0.15) is 0 Å². The largest absolute Gasteiger partial charge is 0.478 e. The summed E-state index contributed by atoms with van der Waals surface area (Å²) in [6, 6.07) is 11.3. The Morgan fingerprint density at radius 3 is 2.67 bits per heavy atom. The fraction of sp³-hybridized carbons (Fsp3) is 0.133. The Hall–Kier alpha value is -2.34. The summed E-state index contributed by atoms with van der Waals surface area (Å²) in [7, 11) is 0. The number of carboxylic acid groups (broad SMARTS) is 1. The van der Waals surface area contributed by atoms with E-state index in [9.17, 15) is 9.59 Å². The van der Waals surface area contributed by atoms with Crippen LogP contribution in [-0.2, 0) is 10.5 Å². The van der Waals surface area contributed by atoms with Crippen LogP contribution in [-0.4, -0.2) is 27.7 Å². The highest BCUT2D eigenvalue weighted by atomic mass is 32.2. The average Bonchev–Trinajstić information content (AvgIpc) is 2.48. The second kappa shape index (κ2) is 7.44. The number of hydrogen-bond acceptors (Lipinski definition) is 4. The second-order valence-corrected chi connectivity index (χ2v) is 5.28. The lowest BCUT2D eigenvalue weighted by Crippen LogP contribution is -2.14. The number of carbonyl (C=O) groups is 2. The molecule has 1 amide bonds. The fourth-order valence-electron chi connectivity index (χ4n) is 1.66. The summed E-state index contributed by atoms with van der Waals surface area (Å²) >= 11 is 1.50. The molecule has 1 aromatic heterocycles. The molecule has 2 N–H and O–H groups in total. The van der Waals surface area contributed by atoms with Crippen molar-refractivity contribution in [3.63, 3.8) is 0 Å². The predicted octanol–water partition coefficient (Wildman–Crippen LogP) is 2.65. The number of benzene rings is 1. The number of rotatable bonds is 6. The number of nitrogens with zero attached hydrogens (tertiary/aromatic N) is 1. The molecule has 5 nitrogen and oxygen atoms in total. The zero-order chi connectivity index (χ0) is 15.1. The van der Waals surface area contributed by atoms with E-state index in [1.54, 1.807) is 0 Å². The number of carboxylic acids is 1. The number of aromatic carboxylic acids is 1. The molecule has 0 aliphatic heterocycles. The Bertz CT molecular complexity index is 632. The average molecular weight is 302 g/mol. The molecular weight excluding hydrogens is 288 g/mol. The standard InChI is InChI=1S/C15H14N2O3S/c18-14(10-21-9-11-4-2-1-3-5-11)17-13-6-12(15(19)20)7-16-8-13/h1-8H,9-10H2,(H,17,18)(H,19,20). The summed E-state index contributed by atoms with van der Waals surface area (Å²) in [4.78, 5) is 26.4. The van der Waals surface area contributed by atoms with Crippen LogP contribution in [0, 0.1) is 0 Å². The number of anilines is 1. The first kappa shape index (κ1) is 15.1. The van der Waals surface area contributed by atoms with Gasteiger partial charge in [-0.15, -0.1) is 11.8 Å². The molecule has 0 saturated carbocycles. The fourth-order valence-corrected chi connectivity index (χ4v) is 2.45. The van der Waals surface area contributed by atoms with Crippen LogP contribution < -0.4 is 5.32 Å². The van der Waals surface area contributed by atoms with Crippen molar-refractivity contribution in [2.45, 2.75) is 5.75 Å². The predicted molar refractivity (Wildman–Crippen MR) is 82.4 cm³/mol. The van der Waals surface area contributed by atoms with E-state index < -0.39 is 5.97 Å². The maximum Gasteiger partial charge on any atom is 0.337 e. The van der Waals surface area contributed by atoms with Crippen LogP contribution in [0.4, 0.5) is 5.69 Å². The molecule has 2 aromatic rings. The van der Waals surface area contributed by atoms with Crippen molar-refractivity contribution in [3.8, 4) is 0 Å². The van der Waals surface area contributed by atoms with Crippen molar-refractivity contribution in [1.29, 1.82) is 0 Å². The number of aromatic nitrogens is 1. The summed E-state index contributed by atoms with van der Waals surface area (Å²) in [6.07, 6.45) is 2.66. The Morgan fingerprint density at radius 2 is 1.95 bits per heavy atom. The lowest BCUT2D eigenvalue weighted by molar-refractivity contribution is -0.113. The van der Waals surface area contributed by atoms with Crippen LogP contribution in [0.1, 0.15) is 15.9 Å². The van der Waals surface area contributed by atoms with E-state index in [4.69, 9.17) is 5.11 Å². The van der Waals surface area contributed by atoms with E-state index >= 15 is 0 Å². The molecular formula is C15H14N2O3S. The van der Waals surface area contributed by atoms with Gasteiger partial charge in [0.2, 0.25) is 5.91 Å². The van der Waals surface area contributed by atoms with E-state index in [-0.39, 0.29) is 11.5 Å². The van der Waals surface area contributed by atoms with Crippen LogP contribution >= 0.6 is 11.8 Å². The number of thioether (sulfide) groups is 1. The van der Waals surface area contributed by atoms with Crippen molar-refractivity contribution in [3.05, 3.63) is 59.9 Å². The topological polar surface area (TPSA) is 79.3 Å². The third-order valence-corrected chi connectivity index (χ3v) is 3.62. The van der Waals surface area contributed by atoms with Crippen LogP contribution in [0.15, 0.2) is 48.8 Å². The molecule has 21 heavy (non-hydrogen) atoms. The molecule has 0 unspecified atom stereocenters. The molecule has 108 valence electrons. The molecule has 0 saturated heterocycles. The molecule has 0 aliphatic rings.